The highest BCUT2D eigenvalue weighted by atomic mass is 35.5. The van der Waals surface area contributed by atoms with Crippen LogP contribution in [-0.4, -0.2) is 42.3 Å². The van der Waals surface area contributed by atoms with E-state index in [0.29, 0.717) is 23.1 Å². The third kappa shape index (κ3) is 5.02. The molecule has 1 fully saturated rings. The summed E-state index contributed by atoms with van der Waals surface area (Å²) >= 11 is 6.03. The Balaban J connectivity index is 1.74. The summed E-state index contributed by atoms with van der Waals surface area (Å²) in [6, 6.07) is 23.2. The second kappa shape index (κ2) is 10.1. The number of hydrazone groups is 1. The average Bonchev–Trinajstić information content (AvgIpc) is 3.13. The minimum atomic E-state index is -0.389. The predicted octanol–water partition coefficient (Wildman–Crippen LogP) is 5.12. The number of carbonyl (C=O) groups is 1. The van der Waals surface area contributed by atoms with Crippen molar-refractivity contribution in [3.05, 3.63) is 94.5 Å². The Hall–Kier alpha value is -3.35. The molecule has 1 saturated heterocycles. The molecule has 0 radical (unpaired) electrons. The quantitative estimate of drug-likeness (QED) is 0.456. The maximum atomic E-state index is 13.2. The number of amides is 1. The molecular weight excluding hydrogens is 438 g/mol. The van der Waals surface area contributed by atoms with Crippen LogP contribution in [0.3, 0.4) is 0 Å². The monoisotopic (exact) mass is 463 g/mol. The predicted molar refractivity (Wildman–Crippen MR) is 130 cm³/mol. The molecule has 1 atom stereocenters. The fourth-order valence-electron chi connectivity index (χ4n) is 3.97. The Morgan fingerprint density at radius 3 is 2.36 bits per heavy atom. The molecule has 1 aliphatic rings. The fraction of sp³-hybridized carbons (Fsp3) is 0.231. The summed E-state index contributed by atoms with van der Waals surface area (Å²) in [5.41, 5.74) is 3.64. The van der Waals surface area contributed by atoms with Gasteiger partial charge in [0.15, 0.2) is 11.5 Å². The number of benzene rings is 3. The highest BCUT2D eigenvalue weighted by molar-refractivity contribution is 6.30. The molecule has 170 valence electrons. The van der Waals surface area contributed by atoms with Gasteiger partial charge >= 0.3 is 0 Å². The van der Waals surface area contributed by atoms with Crippen LogP contribution in [0.5, 0.6) is 11.5 Å². The maximum Gasteiger partial charge on any atom is 0.258 e. The third-order valence-electron chi connectivity index (χ3n) is 5.63. The number of nitrogens with zero attached hydrogens (tertiary/aromatic N) is 3. The van der Waals surface area contributed by atoms with E-state index in [4.69, 9.17) is 26.2 Å². The van der Waals surface area contributed by atoms with Crippen molar-refractivity contribution in [3.63, 3.8) is 0 Å². The molecule has 0 aromatic heterocycles. The van der Waals surface area contributed by atoms with Crippen molar-refractivity contribution in [1.29, 1.82) is 0 Å². The zero-order valence-corrected chi connectivity index (χ0v) is 19.6. The maximum absolute atomic E-state index is 13.2. The Kier molecular flexibility index (Phi) is 6.96. The van der Waals surface area contributed by atoms with Gasteiger partial charge in [0.25, 0.3) is 5.91 Å². The number of hydrogen-bond acceptors (Lipinski definition) is 5. The lowest BCUT2D eigenvalue weighted by Crippen LogP contribution is -2.29. The largest absolute Gasteiger partial charge is 0.493 e. The average molecular weight is 464 g/mol. The van der Waals surface area contributed by atoms with Crippen molar-refractivity contribution in [3.8, 4) is 11.5 Å². The molecule has 0 N–H and O–H groups in total. The second-order valence-electron chi connectivity index (χ2n) is 7.81. The number of hydrogen-bond donors (Lipinski definition) is 0. The van der Waals surface area contributed by atoms with Gasteiger partial charge in [-0.05, 0) is 47.9 Å². The van der Waals surface area contributed by atoms with Crippen LogP contribution in [0.4, 0.5) is 0 Å². The van der Waals surface area contributed by atoms with E-state index in [2.05, 4.69) is 17.0 Å². The van der Waals surface area contributed by atoms with E-state index in [0.717, 1.165) is 22.4 Å². The Morgan fingerprint density at radius 2 is 1.70 bits per heavy atom. The topological polar surface area (TPSA) is 54.4 Å². The number of rotatable bonds is 7. The Bertz CT molecular complexity index is 1150. The molecule has 6 nitrogen and oxygen atoms in total. The lowest BCUT2D eigenvalue weighted by atomic mass is 10.1. The van der Waals surface area contributed by atoms with E-state index in [1.165, 1.54) is 0 Å². The van der Waals surface area contributed by atoms with Crippen LogP contribution < -0.4 is 9.47 Å². The highest BCUT2D eigenvalue weighted by Crippen LogP contribution is 2.37. The minimum absolute atomic E-state index is 0.0703. The summed E-state index contributed by atoms with van der Waals surface area (Å²) in [7, 11) is 3.20. The van der Waals surface area contributed by atoms with Gasteiger partial charge in [-0.3, -0.25) is 9.69 Å². The third-order valence-corrected chi connectivity index (χ3v) is 5.88. The summed E-state index contributed by atoms with van der Waals surface area (Å²) in [6.07, 6.45) is -0.389. The van der Waals surface area contributed by atoms with E-state index in [-0.39, 0.29) is 18.6 Å². The summed E-state index contributed by atoms with van der Waals surface area (Å²) in [5, 5.41) is 6.97. The van der Waals surface area contributed by atoms with Gasteiger partial charge in [0, 0.05) is 11.6 Å². The lowest BCUT2D eigenvalue weighted by molar-refractivity contribution is -0.128. The number of ether oxygens (including phenoxy) is 2. The molecule has 1 aliphatic heterocycles. The smallest absolute Gasteiger partial charge is 0.258 e. The molecule has 1 amide bonds. The van der Waals surface area contributed by atoms with Crippen LogP contribution in [0.15, 0.2) is 77.9 Å². The number of methoxy groups -OCH3 is 2. The second-order valence-corrected chi connectivity index (χ2v) is 8.25. The molecule has 1 unspecified atom stereocenters. The van der Waals surface area contributed by atoms with Crippen LogP contribution in [-0.2, 0) is 11.3 Å². The van der Waals surface area contributed by atoms with Crippen LogP contribution >= 0.6 is 11.6 Å². The van der Waals surface area contributed by atoms with Gasteiger partial charge in [-0.2, -0.15) is 5.10 Å². The van der Waals surface area contributed by atoms with Gasteiger partial charge in [-0.15, -0.1) is 0 Å². The van der Waals surface area contributed by atoms with Crippen molar-refractivity contribution >= 4 is 23.2 Å². The molecule has 7 heteroatoms. The fourth-order valence-corrected chi connectivity index (χ4v) is 4.10. The van der Waals surface area contributed by atoms with Crippen LogP contribution in [0.2, 0.25) is 5.02 Å². The van der Waals surface area contributed by atoms with Crippen molar-refractivity contribution < 1.29 is 14.3 Å². The zero-order valence-electron chi connectivity index (χ0n) is 18.9. The van der Waals surface area contributed by atoms with Crippen molar-refractivity contribution in [2.24, 2.45) is 5.10 Å². The Morgan fingerprint density at radius 1 is 1.00 bits per heavy atom. The summed E-state index contributed by atoms with van der Waals surface area (Å²) < 4.78 is 10.9. The van der Waals surface area contributed by atoms with Crippen molar-refractivity contribution in [2.45, 2.75) is 19.6 Å². The van der Waals surface area contributed by atoms with Gasteiger partial charge < -0.3 is 9.47 Å². The molecule has 33 heavy (non-hydrogen) atoms. The zero-order chi connectivity index (χ0) is 23.4. The van der Waals surface area contributed by atoms with E-state index in [9.17, 15) is 4.79 Å². The molecule has 0 saturated carbocycles. The van der Waals surface area contributed by atoms with Crippen molar-refractivity contribution in [2.75, 3.05) is 20.8 Å². The van der Waals surface area contributed by atoms with Gasteiger partial charge in [0.05, 0.1) is 26.5 Å². The lowest BCUT2D eigenvalue weighted by Gasteiger charge is -2.28. The molecule has 0 spiro atoms. The van der Waals surface area contributed by atoms with E-state index in [1.807, 2.05) is 67.6 Å². The first kappa shape index (κ1) is 22.8. The van der Waals surface area contributed by atoms with Crippen molar-refractivity contribution in [1.82, 2.24) is 9.91 Å². The molecule has 3 aromatic carbocycles. The van der Waals surface area contributed by atoms with Crippen LogP contribution in [0, 0.1) is 0 Å². The highest BCUT2D eigenvalue weighted by Gasteiger charge is 2.39. The van der Waals surface area contributed by atoms with Crippen LogP contribution in [0.1, 0.15) is 29.8 Å². The SMILES string of the molecule is COc1ccc(C2N(Cc3ccccc3)CC(=O)N2N=C(C)c2ccc(Cl)cc2)cc1OC. The summed E-state index contributed by atoms with van der Waals surface area (Å²) in [5.74, 6) is 1.17. The Labute approximate surface area is 199 Å². The summed E-state index contributed by atoms with van der Waals surface area (Å²) in [4.78, 5) is 15.3. The molecule has 0 bridgehead atoms. The minimum Gasteiger partial charge on any atom is -0.493 e. The molecular formula is C26H26ClN3O3. The van der Waals surface area contributed by atoms with Gasteiger partial charge in [0.1, 0.15) is 6.17 Å². The number of halogens is 1. The van der Waals surface area contributed by atoms with Gasteiger partial charge in [-0.1, -0.05) is 60.1 Å². The van der Waals surface area contributed by atoms with Gasteiger partial charge in [-0.25, -0.2) is 5.01 Å². The molecule has 1 heterocycles. The standard InChI is InChI=1S/C26H26ClN3O3/c1-18(20-9-12-22(27)13-10-20)28-30-25(31)17-29(16-19-7-5-4-6-8-19)26(30)21-11-14-23(32-2)24(15-21)33-3/h4-15,26H,16-17H2,1-3H3. The summed E-state index contributed by atoms with van der Waals surface area (Å²) in [6.45, 7) is 2.75. The van der Waals surface area contributed by atoms with Gasteiger partial charge in [0.2, 0.25) is 0 Å². The van der Waals surface area contributed by atoms with E-state index >= 15 is 0 Å². The first-order valence-electron chi connectivity index (χ1n) is 10.6. The first-order chi connectivity index (χ1) is 16.0. The number of carbonyl (C=O) groups excluding carboxylic acids is 1. The normalized spacial score (nSPS) is 16.8. The molecule has 0 aliphatic carbocycles. The van der Waals surface area contributed by atoms with E-state index < -0.39 is 0 Å². The van der Waals surface area contributed by atoms with Crippen LogP contribution in [0.25, 0.3) is 0 Å². The molecule has 4 rings (SSSR count). The van der Waals surface area contributed by atoms with E-state index in [1.54, 1.807) is 19.2 Å². The molecule has 3 aromatic rings. The first-order valence-corrected chi connectivity index (χ1v) is 11.0.